The Hall–Kier alpha value is -1.13. The van der Waals surface area contributed by atoms with Crippen LogP contribution in [0.25, 0.3) is 0 Å². The molecule has 1 aromatic rings. The third kappa shape index (κ3) is 2.33. The molecule has 0 radical (unpaired) electrons. The van der Waals surface area contributed by atoms with Crippen molar-refractivity contribution in [2.75, 3.05) is 6.61 Å². The molecule has 1 heterocycles. The van der Waals surface area contributed by atoms with Gasteiger partial charge in [0.15, 0.2) is 11.5 Å². The molecule has 0 spiro atoms. The molecule has 1 N–H and O–H groups in total. The van der Waals surface area contributed by atoms with Gasteiger partial charge in [0.25, 0.3) is 0 Å². The van der Waals surface area contributed by atoms with Gasteiger partial charge in [-0.1, -0.05) is 23.2 Å². The Kier molecular flexibility index (Phi) is 3.12. The van der Waals surface area contributed by atoms with Crippen molar-refractivity contribution < 1.29 is 19.4 Å². The number of rotatable bonds is 2. The first-order valence-electron chi connectivity index (χ1n) is 4.56. The molecule has 0 aliphatic carbocycles. The number of aliphatic carboxylic acids is 1. The Bertz CT molecular complexity index is 433. The number of hydrogen-bond donors (Lipinski definition) is 1. The van der Waals surface area contributed by atoms with E-state index in [9.17, 15) is 4.79 Å². The fourth-order valence-corrected chi connectivity index (χ4v) is 1.71. The number of hydrogen-bond acceptors (Lipinski definition) is 3. The summed E-state index contributed by atoms with van der Waals surface area (Å²) >= 11 is 11.6. The minimum absolute atomic E-state index is 0.111. The minimum Gasteiger partial charge on any atom is -0.486 e. The lowest BCUT2D eigenvalue weighted by Crippen LogP contribution is -2.31. The van der Waals surface area contributed by atoms with Crippen LogP contribution in [0.15, 0.2) is 12.1 Å². The lowest BCUT2D eigenvalue weighted by atomic mass is 10.2. The monoisotopic (exact) mass is 262 g/mol. The van der Waals surface area contributed by atoms with E-state index in [-0.39, 0.29) is 13.0 Å². The molecular formula is C10H8Cl2O4. The van der Waals surface area contributed by atoms with Crippen molar-refractivity contribution in [2.24, 2.45) is 0 Å². The molecule has 0 aromatic heterocycles. The number of fused-ring (bicyclic) bond motifs is 1. The van der Waals surface area contributed by atoms with Gasteiger partial charge in [-0.25, -0.2) is 0 Å². The summed E-state index contributed by atoms with van der Waals surface area (Å²) in [6.07, 6.45) is -0.609. The van der Waals surface area contributed by atoms with Gasteiger partial charge in [-0.2, -0.15) is 0 Å². The molecule has 0 amide bonds. The molecular weight excluding hydrogens is 255 g/mol. The Morgan fingerprint density at radius 1 is 1.38 bits per heavy atom. The SMILES string of the molecule is O=C(O)CC1COc2cc(Cl)c(Cl)cc2O1. The van der Waals surface area contributed by atoms with Crippen LogP contribution in [-0.2, 0) is 4.79 Å². The van der Waals surface area contributed by atoms with Gasteiger partial charge >= 0.3 is 5.97 Å². The maximum absolute atomic E-state index is 10.5. The summed E-state index contributed by atoms with van der Waals surface area (Å²) in [5.74, 6) is -0.0277. The second-order valence-electron chi connectivity index (χ2n) is 3.36. The highest BCUT2D eigenvalue weighted by atomic mass is 35.5. The summed E-state index contributed by atoms with van der Waals surface area (Å²) in [4.78, 5) is 10.5. The molecule has 16 heavy (non-hydrogen) atoms. The van der Waals surface area contributed by atoms with Crippen molar-refractivity contribution >= 4 is 29.2 Å². The number of ether oxygens (including phenoxy) is 2. The summed E-state index contributed by atoms with van der Waals surface area (Å²) in [5.41, 5.74) is 0. The fourth-order valence-electron chi connectivity index (χ4n) is 1.41. The highest BCUT2D eigenvalue weighted by Gasteiger charge is 2.24. The third-order valence-electron chi connectivity index (χ3n) is 2.11. The van der Waals surface area contributed by atoms with E-state index in [0.717, 1.165) is 0 Å². The van der Waals surface area contributed by atoms with Crippen molar-refractivity contribution in [1.82, 2.24) is 0 Å². The van der Waals surface area contributed by atoms with Gasteiger partial charge in [0, 0.05) is 12.1 Å². The number of carboxylic acid groups (broad SMARTS) is 1. The Morgan fingerprint density at radius 3 is 2.62 bits per heavy atom. The van der Waals surface area contributed by atoms with Crippen LogP contribution in [0.1, 0.15) is 6.42 Å². The maximum atomic E-state index is 10.5. The molecule has 1 aliphatic heterocycles. The number of benzene rings is 1. The summed E-state index contributed by atoms with van der Waals surface area (Å²) in [6, 6.07) is 3.07. The van der Waals surface area contributed by atoms with Crippen LogP contribution >= 0.6 is 23.2 Å². The fraction of sp³-hybridized carbons (Fsp3) is 0.300. The molecule has 0 fully saturated rings. The molecule has 1 unspecified atom stereocenters. The standard InChI is InChI=1S/C10H8Cl2O4/c11-6-2-8-9(3-7(6)12)16-5(4-15-8)1-10(13)14/h2-3,5H,1,4H2,(H,13,14). The molecule has 4 nitrogen and oxygen atoms in total. The Labute approximate surface area is 102 Å². The van der Waals surface area contributed by atoms with Crippen molar-refractivity contribution in [1.29, 1.82) is 0 Å². The zero-order valence-corrected chi connectivity index (χ0v) is 9.59. The van der Waals surface area contributed by atoms with Gasteiger partial charge < -0.3 is 14.6 Å². The largest absolute Gasteiger partial charge is 0.486 e. The summed E-state index contributed by atoms with van der Waals surface area (Å²) in [7, 11) is 0. The molecule has 0 bridgehead atoms. The van der Waals surface area contributed by atoms with E-state index < -0.39 is 12.1 Å². The van der Waals surface area contributed by atoms with Crippen LogP contribution in [-0.4, -0.2) is 23.8 Å². The quantitative estimate of drug-likeness (QED) is 0.891. The zero-order valence-electron chi connectivity index (χ0n) is 8.07. The maximum Gasteiger partial charge on any atom is 0.307 e. The van der Waals surface area contributed by atoms with E-state index in [1.807, 2.05) is 0 Å². The second-order valence-corrected chi connectivity index (χ2v) is 4.18. The minimum atomic E-state index is -0.933. The molecule has 0 saturated heterocycles. The average Bonchev–Trinajstić information content (AvgIpc) is 2.19. The van der Waals surface area contributed by atoms with Crippen LogP contribution in [0.3, 0.4) is 0 Å². The van der Waals surface area contributed by atoms with Gasteiger partial charge in [-0.15, -0.1) is 0 Å². The highest BCUT2D eigenvalue weighted by Crippen LogP contribution is 2.38. The molecule has 0 saturated carbocycles. The van der Waals surface area contributed by atoms with Crippen molar-refractivity contribution in [2.45, 2.75) is 12.5 Å². The van der Waals surface area contributed by atoms with Crippen molar-refractivity contribution in [3.63, 3.8) is 0 Å². The zero-order chi connectivity index (χ0) is 11.7. The smallest absolute Gasteiger partial charge is 0.307 e. The van der Waals surface area contributed by atoms with Crippen LogP contribution in [0.4, 0.5) is 0 Å². The first-order valence-corrected chi connectivity index (χ1v) is 5.32. The van der Waals surface area contributed by atoms with Crippen LogP contribution < -0.4 is 9.47 Å². The van der Waals surface area contributed by atoms with E-state index in [1.165, 1.54) is 6.07 Å². The van der Waals surface area contributed by atoms with Gasteiger partial charge in [0.1, 0.15) is 12.7 Å². The van der Waals surface area contributed by atoms with Gasteiger partial charge in [0.05, 0.1) is 16.5 Å². The third-order valence-corrected chi connectivity index (χ3v) is 2.83. The summed E-state index contributed by atoms with van der Waals surface area (Å²) < 4.78 is 10.8. The summed E-state index contributed by atoms with van der Waals surface area (Å²) in [6.45, 7) is 0.192. The lowest BCUT2D eigenvalue weighted by molar-refractivity contribution is -0.139. The first kappa shape index (κ1) is 11.4. The van der Waals surface area contributed by atoms with Gasteiger partial charge in [-0.3, -0.25) is 4.79 Å². The molecule has 6 heteroatoms. The van der Waals surface area contributed by atoms with E-state index in [2.05, 4.69) is 0 Å². The molecule has 1 aromatic carbocycles. The Morgan fingerprint density at radius 2 is 2.00 bits per heavy atom. The van der Waals surface area contributed by atoms with Crippen LogP contribution in [0.2, 0.25) is 10.0 Å². The number of carboxylic acids is 1. The van der Waals surface area contributed by atoms with E-state index in [1.54, 1.807) is 6.07 Å². The predicted molar refractivity (Wildman–Crippen MR) is 58.6 cm³/mol. The molecule has 1 atom stereocenters. The first-order chi connectivity index (χ1) is 7.56. The highest BCUT2D eigenvalue weighted by molar-refractivity contribution is 6.42. The summed E-state index contributed by atoms with van der Waals surface area (Å²) in [5, 5.41) is 9.35. The van der Waals surface area contributed by atoms with E-state index in [0.29, 0.717) is 21.5 Å². The second kappa shape index (κ2) is 4.39. The van der Waals surface area contributed by atoms with Crippen LogP contribution in [0, 0.1) is 0 Å². The van der Waals surface area contributed by atoms with Gasteiger partial charge in [-0.05, 0) is 0 Å². The predicted octanol–water partition coefficient (Wildman–Crippen LogP) is 2.61. The average molecular weight is 263 g/mol. The number of halogens is 2. The van der Waals surface area contributed by atoms with Crippen molar-refractivity contribution in [3.8, 4) is 11.5 Å². The normalized spacial score (nSPS) is 18.2. The van der Waals surface area contributed by atoms with Gasteiger partial charge in [0.2, 0.25) is 0 Å². The molecule has 86 valence electrons. The van der Waals surface area contributed by atoms with Crippen LogP contribution in [0.5, 0.6) is 11.5 Å². The molecule has 1 aliphatic rings. The topological polar surface area (TPSA) is 55.8 Å². The van der Waals surface area contributed by atoms with E-state index >= 15 is 0 Å². The molecule has 2 rings (SSSR count). The van der Waals surface area contributed by atoms with E-state index in [4.69, 9.17) is 37.8 Å². The lowest BCUT2D eigenvalue weighted by Gasteiger charge is -2.25. The Balaban J connectivity index is 2.20. The van der Waals surface area contributed by atoms with Crippen molar-refractivity contribution in [3.05, 3.63) is 22.2 Å². The number of carbonyl (C=O) groups is 1.